The smallest absolute Gasteiger partial charge is 0.137 e. The van der Waals surface area contributed by atoms with E-state index in [4.69, 9.17) is 0 Å². The highest BCUT2D eigenvalue weighted by Crippen LogP contribution is 2.31. The molecule has 0 N–H and O–H groups in total. The van der Waals surface area contributed by atoms with Crippen LogP contribution in [0.4, 0.5) is 4.39 Å². The second-order valence-electron chi connectivity index (χ2n) is 2.41. The minimum atomic E-state index is -0.147. The van der Waals surface area contributed by atoms with E-state index in [1.165, 1.54) is 17.8 Å². The van der Waals surface area contributed by atoms with E-state index in [-0.39, 0.29) is 5.82 Å². The van der Waals surface area contributed by atoms with Crippen molar-refractivity contribution in [3.05, 3.63) is 28.0 Å². The van der Waals surface area contributed by atoms with Crippen molar-refractivity contribution < 1.29 is 4.39 Å². The highest BCUT2D eigenvalue weighted by Gasteiger charge is 2.08. The summed E-state index contributed by atoms with van der Waals surface area (Å²) >= 11 is 4.82. The molecule has 0 spiro atoms. The van der Waals surface area contributed by atoms with Gasteiger partial charge in [-0.05, 0) is 40.2 Å². The third kappa shape index (κ3) is 1.83. The van der Waals surface area contributed by atoms with E-state index >= 15 is 0 Å². The van der Waals surface area contributed by atoms with Gasteiger partial charge in [0, 0.05) is 4.47 Å². The summed E-state index contributed by atoms with van der Waals surface area (Å²) in [5.41, 5.74) is 1.15. The zero-order valence-corrected chi connectivity index (χ0v) is 9.43. The van der Waals surface area contributed by atoms with Crippen molar-refractivity contribution in [3.8, 4) is 0 Å². The summed E-state index contributed by atoms with van der Waals surface area (Å²) < 4.78 is 14.0. The molecule has 0 radical (unpaired) electrons. The number of hydrogen-bond acceptors (Lipinski definition) is 1. The first-order valence-electron chi connectivity index (χ1n) is 3.71. The molecule has 0 aromatic heterocycles. The molecular weight excluding hydrogens is 239 g/mol. The third-order valence-corrected chi connectivity index (χ3v) is 3.69. The molecule has 0 atom stereocenters. The summed E-state index contributed by atoms with van der Waals surface area (Å²) in [5.74, 6) is -0.147. The van der Waals surface area contributed by atoms with Crippen molar-refractivity contribution in [2.45, 2.75) is 18.2 Å². The number of rotatable bonds is 2. The van der Waals surface area contributed by atoms with Gasteiger partial charge in [-0.25, -0.2) is 4.39 Å². The molecule has 1 rings (SSSR count). The number of halogens is 2. The van der Waals surface area contributed by atoms with Gasteiger partial charge in [-0.2, -0.15) is 0 Å². The maximum Gasteiger partial charge on any atom is 0.137 e. The summed E-state index contributed by atoms with van der Waals surface area (Å²) in [7, 11) is 0. The summed E-state index contributed by atoms with van der Waals surface area (Å²) in [4.78, 5) is 0.703. The molecule has 0 heterocycles. The monoisotopic (exact) mass is 248 g/mol. The quantitative estimate of drug-likeness (QED) is 0.717. The second-order valence-corrected chi connectivity index (χ2v) is 4.02. The maximum absolute atomic E-state index is 13.1. The van der Waals surface area contributed by atoms with Crippen LogP contribution in [0, 0.1) is 5.82 Å². The molecule has 0 aliphatic heterocycles. The van der Waals surface area contributed by atoms with E-state index in [0.717, 1.165) is 16.5 Å². The summed E-state index contributed by atoms with van der Waals surface area (Å²) in [6, 6.07) is 3.34. The van der Waals surface area contributed by atoms with Crippen molar-refractivity contribution in [2.75, 3.05) is 6.26 Å². The Labute approximate surface area is 84.7 Å². The lowest BCUT2D eigenvalue weighted by molar-refractivity contribution is 0.599. The average molecular weight is 249 g/mol. The molecule has 66 valence electrons. The molecule has 0 fully saturated rings. The van der Waals surface area contributed by atoms with Crippen molar-refractivity contribution >= 4 is 27.7 Å². The Balaban J connectivity index is 3.24. The standard InChI is InChI=1S/C9H10BrFS/c1-3-6-4-5-7(11)9(12-2)8(6)10/h4-5H,3H2,1-2H3. The van der Waals surface area contributed by atoms with Gasteiger partial charge in [0.2, 0.25) is 0 Å². The molecular formula is C9H10BrFS. The second kappa shape index (κ2) is 4.28. The van der Waals surface area contributed by atoms with Gasteiger partial charge in [0.05, 0.1) is 4.90 Å². The van der Waals surface area contributed by atoms with Gasteiger partial charge in [0.1, 0.15) is 5.82 Å². The Hall–Kier alpha value is -0.0200. The maximum atomic E-state index is 13.1. The van der Waals surface area contributed by atoms with Gasteiger partial charge in [-0.1, -0.05) is 13.0 Å². The Morgan fingerprint density at radius 3 is 2.67 bits per heavy atom. The van der Waals surface area contributed by atoms with Gasteiger partial charge < -0.3 is 0 Å². The van der Waals surface area contributed by atoms with E-state index in [2.05, 4.69) is 22.9 Å². The van der Waals surface area contributed by atoms with E-state index in [0.29, 0.717) is 4.90 Å². The number of benzene rings is 1. The molecule has 0 saturated heterocycles. The van der Waals surface area contributed by atoms with E-state index in [1.54, 1.807) is 0 Å². The predicted octanol–water partition coefficient (Wildman–Crippen LogP) is 3.87. The van der Waals surface area contributed by atoms with Crippen molar-refractivity contribution in [1.29, 1.82) is 0 Å². The molecule has 0 aliphatic rings. The highest BCUT2D eigenvalue weighted by atomic mass is 79.9. The van der Waals surface area contributed by atoms with Crippen molar-refractivity contribution in [3.63, 3.8) is 0 Å². The van der Waals surface area contributed by atoms with Gasteiger partial charge in [-0.3, -0.25) is 0 Å². The van der Waals surface area contributed by atoms with Crippen LogP contribution in [0.3, 0.4) is 0 Å². The molecule has 12 heavy (non-hydrogen) atoms. The molecule has 0 nitrogen and oxygen atoms in total. The van der Waals surface area contributed by atoms with Gasteiger partial charge in [0.15, 0.2) is 0 Å². The van der Waals surface area contributed by atoms with E-state index < -0.39 is 0 Å². The minimum absolute atomic E-state index is 0.147. The molecule has 1 aromatic rings. The van der Waals surface area contributed by atoms with Crippen molar-refractivity contribution in [2.24, 2.45) is 0 Å². The molecule has 0 bridgehead atoms. The minimum Gasteiger partial charge on any atom is -0.206 e. The Morgan fingerprint density at radius 1 is 1.50 bits per heavy atom. The molecule has 0 aliphatic carbocycles. The fourth-order valence-corrected chi connectivity index (χ4v) is 2.69. The van der Waals surface area contributed by atoms with Gasteiger partial charge in [0.25, 0.3) is 0 Å². The average Bonchev–Trinajstić information content (AvgIpc) is 2.06. The Kier molecular flexibility index (Phi) is 3.59. The number of hydrogen-bond donors (Lipinski definition) is 0. The summed E-state index contributed by atoms with van der Waals surface area (Å²) in [6.07, 6.45) is 2.80. The van der Waals surface area contributed by atoms with Crippen LogP contribution in [0.15, 0.2) is 21.5 Å². The number of thioether (sulfide) groups is 1. The normalized spacial score (nSPS) is 10.3. The van der Waals surface area contributed by atoms with Gasteiger partial charge in [-0.15, -0.1) is 11.8 Å². The predicted molar refractivity (Wildman–Crippen MR) is 55.3 cm³/mol. The van der Waals surface area contributed by atoms with Crippen LogP contribution in [-0.2, 0) is 6.42 Å². The van der Waals surface area contributed by atoms with Crippen LogP contribution in [0.25, 0.3) is 0 Å². The Bertz CT molecular complexity index is 286. The first kappa shape index (κ1) is 10.1. The van der Waals surface area contributed by atoms with Crippen LogP contribution in [0.1, 0.15) is 12.5 Å². The lowest BCUT2D eigenvalue weighted by Crippen LogP contribution is -1.88. The molecule has 0 saturated carbocycles. The fraction of sp³-hybridized carbons (Fsp3) is 0.333. The third-order valence-electron chi connectivity index (χ3n) is 1.71. The lowest BCUT2D eigenvalue weighted by Gasteiger charge is -2.06. The summed E-state index contributed by atoms with van der Waals surface area (Å²) in [6.45, 7) is 2.06. The van der Waals surface area contributed by atoms with Crippen molar-refractivity contribution in [1.82, 2.24) is 0 Å². The van der Waals surface area contributed by atoms with Crippen LogP contribution in [0.2, 0.25) is 0 Å². The Morgan fingerprint density at radius 2 is 2.17 bits per heavy atom. The zero-order valence-electron chi connectivity index (χ0n) is 7.03. The topological polar surface area (TPSA) is 0 Å². The van der Waals surface area contributed by atoms with Gasteiger partial charge >= 0.3 is 0 Å². The van der Waals surface area contributed by atoms with Crippen LogP contribution < -0.4 is 0 Å². The first-order chi connectivity index (χ1) is 5.70. The SMILES string of the molecule is CCc1ccc(F)c(SC)c1Br. The fourth-order valence-electron chi connectivity index (χ4n) is 1.03. The number of aryl methyl sites for hydroxylation is 1. The molecule has 0 amide bonds. The zero-order chi connectivity index (χ0) is 9.14. The van der Waals surface area contributed by atoms with Crippen LogP contribution in [0.5, 0.6) is 0 Å². The van der Waals surface area contributed by atoms with Crippen LogP contribution in [-0.4, -0.2) is 6.26 Å². The van der Waals surface area contributed by atoms with E-state index in [1.807, 2.05) is 12.3 Å². The molecule has 1 aromatic carbocycles. The highest BCUT2D eigenvalue weighted by molar-refractivity contribution is 9.10. The molecule has 3 heteroatoms. The lowest BCUT2D eigenvalue weighted by atomic mass is 10.2. The molecule has 0 unspecified atom stereocenters. The largest absolute Gasteiger partial charge is 0.206 e. The summed E-state index contributed by atoms with van der Waals surface area (Å²) in [5, 5.41) is 0. The van der Waals surface area contributed by atoms with E-state index in [9.17, 15) is 4.39 Å². The van der Waals surface area contributed by atoms with Crippen LogP contribution >= 0.6 is 27.7 Å². The first-order valence-corrected chi connectivity index (χ1v) is 5.73.